The number of benzene rings is 6. The number of rotatable bonds is 7. The molecule has 14 nitrogen and oxygen atoms in total. The predicted molar refractivity (Wildman–Crippen MR) is 369 cm³/mol. The summed E-state index contributed by atoms with van der Waals surface area (Å²) in [5.41, 5.74) is -1.38. The topological polar surface area (TPSA) is 173 Å². The summed E-state index contributed by atoms with van der Waals surface area (Å²) in [6.45, 7) is 11.5. The van der Waals surface area contributed by atoms with Crippen molar-refractivity contribution in [1.29, 1.82) is 0 Å². The van der Waals surface area contributed by atoms with Crippen LogP contribution in [-0.4, -0.2) is 70.4 Å². The molecule has 0 saturated heterocycles. The zero-order valence-corrected chi connectivity index (χ0v) is 59.5. The minimum atomic E-state index is -5.87. The summed E-state index contributed by atoms with van der Waals surface area (Å²) in [4.78, 5) is 49.8. The molecule has 33 heteroatoms. The van der Waals surface area contributed by atoms with Crippen LogP contribution in [0.3, 0.4) is 0 Å². The van der Waals surface area contributed by atoms with E-state index in [0.717, 1.165) is 45.6 Å². The van der Waals surface area contributed by atoms with E-state index < -0.39 is 44.1 Å². The minimum Gasteiger partial charge on any atom is -0.459 e. The highest BCUT2D eigenvalue weighted by atomic mass is 33.4. The average Bonchev–Trinajstić information content (AvgIpc) is 1.64. The number of ether oxygens (including phenoxy) is 5. The number of Topliss-reactive ketones (excluding diaryl/α,β-unsaturated/α-hetero) is 1. The molecule has 6 aromatic carbocycles. The zero-order valence-electron chi connectivity index (χ0n) is 46.5. The first kappa shape index (κ1) is 71.7. The van der Waals surface area contributed by atoms with E-state index in [-0.39, 0.29) is 30.0 Å². The van der Waals surface area contributed by atoms with Crippen molar-refractivity contribution >= 4 is 182 Å². The number of alkyl halides is 3. The van der Waals surface area contributed by atoms with Crippen molar-refractivity contribution in [2.24, 2.45) is 0 Å². The third-order valence-electron chi connectivity index (χ3n) is 12.1. The Balaban J connectivity index is 0.000000210. The highest BCUT2D eigenvalue weighted by Gasteiger charge is 2.55. The highest BCUT2D eigenvalue weighted by molar-refractivity contribution is 8.70. The summed E-state index contributed by atoms with van der Waals surface area (Å²) < 4.78 is 95.1. The molecule has 0 amide bonds. The smallest absolute Gasteiger partial charge is 0.459 e. The van der Waals surface area contributed by atoms with Gasteiger partial charge in [-0.1, -0.05) is 60.7 Å². The average molecular weight is 1490 g/mol. The summed E-state index contributed by atoms with van der Waals surface area (Å²) in [5, 5.41) is 2.72. The molecule has 0 aromatic heterocycles. The van der Waals surface area contributed by atoms with Crippen LogP contribution >= 0.6 is 0 Å². The van der Waals surface area contributed by atoms with Gasteiger partial charge in [-0.05, 0) is 108 Å². The Morgan fingerprint density at radius 3 is 1.40 bits per heavy atom. The molecular formula is C54H49F3N2O12S16. The van der Waals surface area contributed by atoms with Crippen LogP contribution in [0.4, 0.5) is 18.9 Å². The lowest BCUT2D eigenvalue weighted by atomic mass is 9.77. The molecule has 2 spiro atoms. The quantitative estimate of drug-likeness (QED) is 0.0692. The van der Waals surface area contributed by atoms with E-state index in [0.29, 0.717) is 51.6 Å². The van der Waals surface area contributed by atoms with Crippen LogP contribution in [0.15, 0.2) is 121 Å². The number of nitrogens with one attached hydrogen (secondary N) is 1. The van der Waals surface area contributed by atoms with Gasteiger partial charge in [0.2, 0.25) is 0 Å². The molecule has 0 aliphatic carbocycles. The lowest BCUT2D eigenvalue weighted by Gasteiger charge is -2.37. The number of aryl methyl sites for hydroxylation is 2. The molecule has 464 valence electrons. The van der Waals surface area contributed by atoms with Gasteiger partial charge in [0.1, 0.15) is 46.7 Å². The van der Waals surface area contributed by atoms with Gasteiger partial charge in [0.15, 0.2) is 11.2 Å². The number of halogens is 3. The Kier molecular flexibility index (Phi) is 26.4. The zero-order chi connectivity index (χ0) is 63.9. The van der Waals surface area contributed by atoms with Gasteiger partial charge in [0.25, 0.3) is 0 Å². The fourth-order valence-electron chi connectivity index (χ4n) is 8.99. The van der Waals surface area contributed by atoms with Gasteiger partial charge in [-0.25, -0.2) is 9.59 Å². The van der Waals surface area contributed by atoms with Gasteiger partial charge >= 0.3 is 33.5 Å². The van der Waals surface area contributed by atoms with E-state index >= 15 is 0 Å². The van der Waals surface area contributed by atoms with E-state index in [9.17, 15) is 40.8 Å². The van der Waals surface area contributed by atoms with Crippen LogP contribution in [-0.2, 0) is 188 Å². The third kappa shape index (κ3) is 17.8. The van der Waals surface area contributed by atoms with Crippen LogP contribution in [0.1, 0.15) is 92.9 Å². The fraction of sp³-hybridized carbons (Fsp3) is 0.259. The molecule has 0 bridgehead atoms. The van der Waals surface area contributed by atoms with E-state index in [2.05, 4.69) is 54.3 Å². The molecule has 0 fully saturated rings. The lowest BCUT2D eigenvalue weighted by molar-refractivity contribution is -0.153. The highest BCUT2D eigenvalue weighted by Crippen LogP contribution is 2.58. The molecule has 4 aliphatic rings. The second-order valence-electron chi connectivity index (χ2n) is 19.2. The maximum Gasteiger partial charge on any atom is 0.534 e. The Bertz CT molecular complexity index is 4280. The van der Waals surface area contributed by atoms with Crippen molar-refractivity contribution < 1.29 is 68.6 Å². The number of fused-ring (bicyclic) bond motifs is 12. The number of carbonyl (C=O) groups is 4. The van der Waals surface area contributed by atoms with E-state index in [1.54, 1.807) is 119 Å². The Morgan fingerprint density at radius 2 is 1.00 bits per heavy atom. The summed E-state index contributed by atoms with van der Waals surface area (Å²) in [6.07, 6.45) is 0. The number of ketones is 1. The molecule has 10 rings (SSSR count). The molecular weight excluding hydrogens is 1440 g/mol. The van der Waals surface area contributed by atoms with Gasteiger partial charge in [0.05, 0.1) is 17.7 Å². The molecule has 2 atom stereocenters. The summed E-state index contributed by atoms with van der Waals surface area (Å²) >= 11 is 18.3. The van der Waals surface area contributed by atoms with Crippen molar-refractivity contribution in [1.82, 2.24) is 5.32 Å². The first-order valence-corrected chi connectivity index (χ1v) is 43.4. The van der Waals surface area contributed by atoms with Gasteiger partial charge in [-0.3, -0.25) is 9.59 Å². The van der Waals surface area contributed by atoms with Gasteiger partial charge < -0.3 is 38.1 Å². The Labute approximate surface area is 551 Å². The molecule has 4 heterocycles. The number of likely N-dealkylation sites (N-methyl/N-ethyl adjacent to an activating group) is 2. The number of hydrogen-bond acceptors (Lipinski definition) is 18. The largest absolute Gasteiger partial charge is 0.534 e. The van der Waals surface area contributed by atoms with Gasteiger partial charge in [0, 0.05) is 201 Å². The molecule has 0 saturated carbocycles. The second-order valence-corrected chi connectivity index (χ2v) is 40.2. The van der Waals surface area contributed by atoms with Gasteiger partial charge in [-0.15, -0.1) is 0 Å². The predicted octanol–water partition coefficient (Wildman–Crippen LogP) is 9.89. The fourth-order valence-corrected chi connectivity index (χ4v) is 28.6. The summed E-state index contributed by atoms with van der Waals surface area (Å²) in [7, 11) is 14.2. The van der Waals surface area contributed by atoms with Crippen LogP contribution in [0.25, 0.3) is 0 Å². The first-order valence-electron chi connectivity index (χ1n) is 24.7. The van der Waals surface area contributed by atoms with Crippen LogP contribution < -0.4 is 23.9 Å². The van der Waals surface area contributed by atoms with E-state index in [4.69, 9.17) is 23.7 Å². The van der Waals surface area contributed by atoms with Crippen LogP contribution in [0.5, 0.6) is 28.7 Å². The maximum absolute atomic E-state index is 12.9. The van der Waals surface area contributed by atoms with Crippen molar-refractivity contribution in [3.8, 4) is 28.7 Å². The maximum atomic E-state index is 12.9. The molecule has 0 radical (unpaired) electrons. The van der Waals surface area contributed by atoms with Crippen molar-refractivity contribution in [2.75, 3.05) is 32.1 Å². The van der Waals surface area contributed by atoms with Crippen LogP contribution in [0, 0.1) is 13.8 Å². The van der Waals surface area contributed by atoms with Gasteiger partial charge in [-0.2, -0.15) is 21.6 Å². The molecule has 2 unspecified atom stereocenters. The Hall–Kier alpha value is -4.40. The monoisotopic (exact) mass is 1490 g/mol. The first-order chi connectivity index (χ1) is 41.2. The van der Waals surface area contributed by atoms with Crippen LogP contribution in [0.2, 0.25) is 0 Å². The number of nitrogens with zero attached hydrogens (tertiary/aromatic N) is 1. The second kappa shape index (κ2) is 32.1. The molecule has 87 heavy (non-hydrogen) atoms. The Morgan fingerprint density at radius 1 is 0.598 bits per heavy atom. The number of hydrogen-bond donors (Lipinski definition) is 1. The number of anilines is 1. The molecule has 4 aliphatic heterocycles. The standard InChI is InChI=1S/C28H27NO5.C22H13F3O6S.C4H9NO.S8.S7/c1-17-10-12-21-23(14-17)32-24-15-18(29(5)16-25(30)33-27(2,3)4)11-13-22(24)28(21)20-9-7-6-8-19(20)26(31)34-28;1-12-6-8-16-18(10-12)29-19-11-13(31-32(27,28)22(23,24)25)7-9-17(19)21(16)15-5-3-2-4-14(15)20(26)30-21;1-4(6)3-5-2;1-3-5-7-8-6-4-2;1-3-5-7-6-4-2/h6-15H,16H2,1-5H3;2-11H,1H3;5H,3H2,1-2H3;;. The SMILES string of the molecule is CNCC(C)=O.Cc1ccc2c(c1)Oc1cc(N(C)CC(=O)OC(C)(C)C)ccc1C21OC(=O)c2ccccc21.Cc1ccc2c(c1)Oc1cc(OS(=O)(=O)C(F)(F)F)ccc1C21OC(=O)c2ccccc21.S=S=S=S=S=S=S.S=S=S=S=S=S=S=S. The van der Waals surface area contributed by atoms with Crippen molar-refractivity contribution in [2.45, 2.75) is 63.9 Å². The van der Waals surface area contributed by atoms with Crippen molar-refractivity contribution in [3.05, 3.63) is 177 Å². The van der Waals surface area contributed by atoms with E-state index in [1.165, 1.54) is 41.6 Å². The third-order valence-corrected chi connectivity index (χ3v) is 33.1. The summed E-state index contributed by atoms with van der Waals surface area (Å²) in [6, 6.07) is 34.5. The molecule has 1 N–H and O–H groups in total. The van der Waals surface area contributed by atoms with E-state index in [1.807, 2.05) is 107 Å². The normalized spacial score (nSPS) is 15.6. The van der Waals surface area contributed by atoms with Crippen molar-refractivity contribution in [3.63, 3.8) is 0 Å². The molecule has 6 aromatic rings. The lowest BCUT2D eigenvalue weighted by Crippen LogP contribution is -2.34. The number of esters is 3. The summed E-state index contributed by atoms with van der Waals surface area (Å²) in [5.74, 6) is -0.117. The number of carbonyl (C=O) groups excluding carboxylic acids is 4. The minimum absolute atomic E-state index is 0.00229.